The SMILES string of the molecule is O=[N+]([O-])c1ccc(CCn2cc(CCl)nn2)cc1. The number of rotatable bonds is 5. The maximum absolute atomic E-state index is 10.5. The Labute approximate surface area is 108 Å². The summed E-state index contributed by atoms with van der Waals surface area (Å²) in [4.78, 5) is 10.1. The minimum atomic E-state index is -0.409. The Kier molecular flexibility index (Phi) is 3.88. The number of nitro benzene ring substituents is 1. The summed E-state index contributed by atoms with van der Waals surface area (Å²) in [5.74, 6) is 0.345. The van der Waals surface area contributed by atoms with Gasteiger partial charge in [-0.1, -0.05) is 17.3 Å². The Morgan fingerprint density at radius 1 is 1.33 bits per heavy atom. The van der Waals surface area contributed by atoms with Crippen LogP contribution in [0.25, 0.3) is 0 Å². The Morgan fingerprint density at radius 2 is 2.06 bits per heavy atom. The van der Waals surface area contributed by atoms with Gasteiger partial charge < -0.3 is 0 Å². The molecule has 0 aliphatic heterocycles. The van der Waals surface area contributed by atoms with Gasteiger partial charge in [0.15, 0.2) is 0 Å². The number of benzene rings is 1. The first-order chi connectivity index (χ1) is 8.69. The van der Waals surface area contributed by atoms with Crippen molar-refractivity contribution in [1.29, 1.82) is 0 Å². The number of hydrogen-bond acceptors (Lipinski definition) is 4. The molecule has 7 heteroatoms. The van der Waals surface area contributed by atoms with Crippen LogP contribution in [0.2, 0.25) is 0 Å². The summed E-state index contributed by atoms with van der Waals surface area (Å²) in [6.07, 6.45) is 2.53. The molecule has 0 unspecified atom stereocenters. The van der Waals surface area contributed by atoms with Gasteiger partial charge in [-0.15, -0.1) is 16.7 Å². The molecule has 0 spiro atoms. The summed E-state index contributed by atoms with van der Waals surface area (Å²) >= 11 is 5.62. The number of hydrogen-bond donors (Lipinski definition) is 0. The van der Waals surface area contributed by atoms with Crippen LogP contribution in [0.3, 0.4) is 0 Å². The molecule has 1 aromatic heterocycles. The number of aromatic nitrogens is 3. The van der Waals surface area contributed by atoms with E-state index >= 15 is 0 Å². The van der Waals surface area contributed by atoms with Gasteiger partial charge in [-0.2, -0.15) is 0 Å². The molecule has 0 saturated heterocycles. The van der Waals surface area contributed by atoms with E-state index < -0.39 is 4.92 Å². The largest absolute Gasteiger partial charge is 0.269 e. The van der Waals surface area contributed by atoms with Gasteiger partial charge in [0.05, 0.1) is 16.5 Å². The Balaban J connectivity index is 1.95. The lowest BCUT2D eigenvalue weighted by Gasteiger charge is -2.00. The van der Waals surface area contributed by atoms with E-state index in [1.165, 1.54) is 12.1 Å². The first kappa shape index (κ1) is 12.5. The van der Waals surface area contributed by atoms with Crippen molar-refractivity contribution in [1.82, 2.24) is 15.0 Å². The zero-order chi connectivity index (χ0) is 13.0. The minimum Gasteiger partial charge on any atom is -0.258 e. The molecule has 0 saturated carbocycles. The van der Waals surface area contributed by atoms with Gasteiger partial charge in [0.25, 0.3) is 5.69 Å². The highest BCUT2D eigenvalue weighted by atomic mass is 35.5. The van der Waals surface area contributed by atoms with Crippen molar-refractivity contribution < 1.29 is 4.92 Å². The van der Waals surface area contributed by atoms with Crippen LogP contribution in [-0.4, -0.2) is 19.9 Å². The molecule has 0 radical (unpaired) electrons. The molecule has 18 heavy (non-hydrogen) atoms. The predicted molar refractivity (Wildman–Crippen MR) is 66.4 cm³/mol. The normalized spacial score (nSPS) is 10.5. The molecular formula is C11H11ClN4O2. The lowest BCUT2D eigenvalue weighted by molar-refractivity contribution is -0.384. The zero-order valence-corrected chi connectivity index (χ0v) is 10.2. The van der Waals surface area contributed by atoms with E-state index in [0.29, 0.717) is 12.4 Å². The summed E-state index contributed by atoms with van der Waals surface area (Å²) in [6.45, 7) is 0.668. The number of nitrogens with zero attached hydrogens (tertiary/aromatic N) is 4. The van der Waals surface area contributed by atoms with Crippen LogP contribution in [0.4, 0.5) is 5.69 Å². The van der Waals surface area contributed by atoms with Crippen molar-refractivity contribution in [2.45, 2.75) is 18.8 Å². The molecule has 0 aliphatic carbocycles. The fraction of sp³-hybridized carbons (Fsp3) is 0.273. The summed E-state index contributed by atoms with van der Waals surface area (Å²) < 4.78 is 1.71. The zero-order valence-electron chi connectivity index (χ0n) is 9.49. The highest BCUT2D eigenvalue weighted by Gasteiger charge is 2.04. The van der Waals surface area contributed by atoms with Crippen LogP contribution in [0.1, 0.15) is 11.3 Å². The Morgan fingerprint density at radius 3 is 2.61 bits per heavy atom. The van der Waals surface area contributed by atoms with Gasteiger partial charge in [0.2, 0.25) is 0 Å². The van der Waals surface area contributed by atoms with Crippen molar-refractivity contribution >= 4 is 17.3 Å². The van der Waals surface area contributed by atoms with Crippen LogP contribution in [0.5, 0.6) is 0 Å². The average Bonchev–Trinajstić information content (AvgIpc) is 2.85. The highest BCUT2D eigenvalue weighted by Crippen LogP contribution is 2.12. The summed E-state index contributed by atoms with van der Waals surface area (Å²) in [5, 5.41) is 18.3. The third-order valence-corrected chi connectivity index (χ3v) is 2.77. The van der Waals surface area contributed by atoms with Gasteiger partial charge in [-0.25, -0.2) is 0 Å². The van der Waals surface area contributed by atoms with E-state index in [0.717, 1.165) is 17.7 Å². The molecule has 94 valence electrons. The molecule has 0 fully saturated rings. The molecule has 0 bridgehead atoms. The van der Waals surface area contributed by atoms with Crippen molar-refractivity contribution in [2.75, 3.05) is 0 Å². The molecule has 6 nitrogen and oxygen atoms in total. The Bertz CT molecular complexity index is 538. The quantitative estimate of drug-likeness (QED) is 0.472. The Hall–Kier alpha value is -1.95. The van der Waals surface area contributed by atoms with E-state index in [1.54, 1.807) is 23.0 Å². The minimum absolute atomic E-state index is 0.101. The first-order valence-electron chi connectivity index (χ1n) is 5.37. The van der Waals surface area contributed by atoms with E-state index in [9.17, 15) is 10.1 Å². The van der Waals surface area contributed by atoms with E-state index in [-0.39, 0.29) is 5.69 Å². The third kappa shape index (κ3) is 3.04. The lowest BCUT2D eigenvalue weighted by atomic mass is 10.1. The van der Waals surface area contributed by atoms with Crippen LogP contribution in [0.15, 0.2) is 30.5 Å². The van der Waals surface area contributed by atoms with Crippen molar-refractivity contribution in [2.24, 2.45) is 0 Å². The summed E-state index contributed by atoms with van der Waals surface area (Å²) in [6, 6.07) is 6.50. The molecule has 1 heterocycles. The van der Waals surface area contributed by atoms with Crippen LogP contribution < -0.4 is 0 Å². The second-order valence-corrected chi connectivity index (χ2v) is 4.05. The fourth-order valence-corrected chi connectivity index (χ4v) is 1.66. The smallest absolute Gasteiger partial charge is 0.258 e. The maximum Gasteiger partial charge on any atom is 0.269 e. The van der Waals surface area contributed by atoms with E-state index in [4.69, 9.17) is 11.6 Å². The van der Waals surface area contributed by atoms with E-state index in [1.807, 2.05) is 0 Å². The van der Waals surface area contributed by atoms with Crippen molar-refractivity contribution in [3.63, 3.8) is 0 Å². The highest BCUT2D eigenvalue weighted by molar-refractivity contribution is 6.16. The number of nitro groups is 1. The summed E-state index contributed by atoms with van der Waals surface area (Å²) in [7, 11) is 0. The van der Waals surface area contributed by atoms with Crippen molar-refractivity contribution in [3.8, 4) is 0 Å². The number of non-ortho nitro benzene ring substituents is 1. The molecule has 2 rings (SSSR count). The van der Waals surface area contributed by atoms with Gasteiger partial charge in [0, 0.05) is 24.9 Å². The molecule has 0 N–H and O–H groups in total. The predicted octanol–water partition coefficient (Wildman–Crippen LogP) is 2.17. The van der Waals surface area contributed by atoms with Crippen molar-refractivity contribution in [3.05, 3.63) is 51.8 Å². The first-order valence-corrected chi connectivity index (χ1v) is 5.91. The number of halogens is 1. The maximum atomic E-state index is 10.5. The van der Waals surface area contributed by atoms with Crippen LogP contribution in [-0.2, 0) is 18.8 Å². The second-order valence-electron chi connectivity index (χ2n) is 3.78. The molecule has 2 aromatic rings. The second kappa shape index (κ2) is 5.59. The van der Waals surface area contributed by atoms with Gasteiger partial charge in [-0.3, -0.25) is 14.8 Å². The van der Waals surface area contributed by atoms with Gasteiger partial charge >= 0.3 is 0 Å². The van der Waals surface area contributed by atoms with Crippen LogP contribution >= 0.6 is 11.6 Å². The molecule has 0 atom stereocenters. The molecule has 1 aromatic carbocycles. The molecule has 0 amide bonds. The number of alkyl halides is 1. The third-order valence-electron chi connectivity index (χ3n) is 2.50. The van der Waals surface area contributed by atoms with Gasteiger partial charge in [0.1, 0.15) is 0 Å². The summed E-state index contributed by atoms with van der Waals surface area (Å²) in [5.41, 5.74) is 1.85. The number of aryl methyl sites for hydroxylation is 2. The average molecular weight is 267 g/mol. The standard InChI is InChI=1S/C11H11ClN4O2/c12-7-10-8-15(14-13-10)6-5-9-1-3-11(4-2-9)16(17)18/h1-4,8H,5-7H2. The molecule has 0 aliphatic rings. The monoisotopic (exact) mass is 266 g/mol. The van der Waals surface area contributed by atoms with Gasteiger partial charge in [-0.05, 0) is 12.0 Å². The topological polar surface area (TPSA) is 73.8 Å². The molecular weight excluding hydrogens is 256 g/mol. The van der Waals surface area contributed by atoms with Crippen LogP contribution in [0, 0.1) is 10.1 Å². The fourth-order valence-electron chi connectivity index (χ4n) is 1.54. The van der Waals surface area contributed by atoms with E-state index in [2.05, 4.69) is 10.3 Å². The lowest BCUT2D eigenvalue weighted by Crippen LogP contribution is -2.02.